The molecule has 5 nitrogen and oxygen atoms in total. The van der Waals surface area contributed by atoms with Gasteiger partial charge in [0, 0.05) is 12.6 Å². The van der Waals surface area contributed by atoms with Gasteiger partial charge in [0.1, 0.15) is 11.8 Å². The van der Waals surface area contributed by atoms with E-state index in [0.717, 1.165) is 12.0 Å². The lowest BCUT2D eigenvalue weighted by Gasteiger charge is -2.31. The minimum atomic E-state index is -0.625. The summed E-state index contributed by atoms with van der Waals surface area (Å²) in [4.78, 5) is 27.5. The van der Waals surface area contributed by atoms with Gasteiger partial charge in [-0.1, -0.05) is 61.3 Å². The van der Waals surface area contributed by atoms with Crippen LogP contribution in [0.3, 0.4) is 0 Å². The molecule has 30 heavy (non-hydrogen) atoms. The summed E-state index contributed by atoms with van der Waals surface area (Å²) in [6.07, 6.45) is 1.28. The number of ether oxygens (including phenoxy) is 1. The fourth-order valence-corrected chi connectivity index (χ4v) is 3.26. The molecule has 0 heterocycles. The molecule has 0 aliphatic heterocycles. The Bertz CT molecular complexity index is 846. The third-order valence-electron chi connectivity index (χ3n) is 4.83. The second kappa shape index (κ2) is 11.8. The van der Waals surface area contributed by atoms with E-state index in [1.807, 2.05) is 39.0 Å². The van der Waals surface area contributed by atoms with Crippen molar-refractivity contribution >= 4 is 35.0 Å². The van der Waals surface area contributed by atoms with Crippen LogP contribution in [-0.4, -0.2) is 35.4 Å². The van der Waals surface area contributed by atoms with E-state index in [1.54, 1.807) is 35.2 Å². The number of hydrogen-bond acceptors (Lipinski definition) is 3. The van der Waals surface area contributed by atoms with Crippen molar-refractivity contribution in [2.45, 2.75) is 52.2 Å². The first-order valence-corrected chi connectivity index (χ1v) is 10.8. The van der Waals surface area contributed by atoms with Crippen LogP contribution in [0.1, 0.15) is 39.2 Å². The maximum absolute atomic E-state index is 13.1. The molecule has 1 N–H and O–H groups in total. The first kappa shape index (κ1) is 24.0. The van der Waals surface area contributed by atoms with E-state index in [2.05, 4.69) is 5.32 Å². The Labute approximate surface area is 188 Å². The summed E-state index contributed by atoms with van der Waals surface area (Å²) in [5, 5.41) is 3.81. The third-order valence-corrected chi connectivity index (χ3v) is 5.57. The minimum absolute atomic E-state index is 0.0223. The van der Waals surface area contributed by atoms with Crippen LogP contribution >= 0.6 is 23.2 Å². The van der Waals surface area contributed by atoms with Gasteiger partial charge in [0.25, 0.3) is 5.91 Å². The van der Waals surface area contributed by atoms with E-state index in [-0.39, 0.29) is 31.0 Å². The monoisotopic (exact) mass is 450 g/mol. The third kappa shape index (κ3) is 6.92. The van der Waals surface area contributed by atoms with Gasteiger partial charge in [-0.25, -0.2) is 0 Å². The summed E-state index contributed by atoms with van der Waals surface area (Å²) in [7, 11) is 0. The molecule has 0 saturated heterocycles. The molecule has 7 heteroatoms. The highest BCUT2D eigenvalue weighted by molar-refractivity contribution is 6.42. The van der Waals surface area contributed by atoms with Crippen LogP contribution in [0.25, 0.3) is 0 Å². The molecule has 2 unspecified atom stereocenters. The van der Waals surface area contributed by atoms with Crippen LogP contribution in [0.5, 0.6) is 5.75 Å². The van der Waals surface area contributed by atoms with Crippen LogP contribution in [0, 0.1) is 0 Å². The standard InChI is InChI=1S/C23H28Cl2N2O3/c1-4-16(3)26-23(29)21(5-2)27(14-17-11-12-19(24)20(25)13-17)22(28)15-30-18-9-7-6-8-10-18/h6-13,16,21H,4-5,14-15H2,1-3H3,(H,26,29). The summed E-state index contributed by atoms with van der Waals surface area (Å²) in [6.45, 7) is 5.87. The second-order valence-electron chi connectivity index (χ2n) is 7.11. The summed E-state index contributed by atoms with van der Waals surface area (Å²) < 4.78 is 5.64. The lowest BCUT2D eigenvalue weighted by molar-refractivity contribution is -0.143. The van der Waals surface area contributed by atoms with E-state index < -0.39 is 6.04 Å². The van der Waals surface area contributed by atoms with E-state index in [0.29, 0.717) is 22.2 Å². The predicted octanol–water partition coefficient (Wildman–Crippen LogP) is 5.09. The molecule has 0 saturated carbocycles. The largest absolute Gasteiger partial charge is 0.484 e. The topological polar surface area (TPSA) is 58.6 Å². The van der Waals surface area contributed by atoms with E-state index in [1.165, 1.54) is 0 Å². The van der Waals surface area contributed by atoms with Gasteiger partial charge < -0.3 is 15.0 Å². The van der Waals surface area contributed by atoms with Crippen molar-refractivity contribution in [2.24, 2.45) is 0 Å². The molecular weight excluding hydrogens is 423 g/mol. The Hall–Kier alpha value is -2.24. The van der Waals surface area contributed by atoms with Crippen molar-refractivity contribution in [3.8, 4) is 5.75 Å². The molecule has 162 valence electrons. The molecule has 2 aromatic carbocycles. The lowest BCUT2D eigenvalue weighted by atomic mass is 10.1. The summed E-state index contributed by atoms with van der Waals surface area (Å²) >= 11 is 12.2. The summed E-state index contributed by atoms with van der Waals surface area (Å²) in [5.41, 5.74) is 0.784. The lowest BCUT2D eigenvalue weighted by Crippen LogP contribution is -2.51. The number of nitrogens with one attached hydrogen (secondary N) is 1. The Morgan fingerprint density at radius 2 is 1.73 bits per heavy atom. The SMILES string of the molecule is CCC(C)NC(=O)C(CC)N(Cc1ccc(Cl)c(Cl)c1)C(=O)COc1ccccc1. The minimum Gasteiger partial charge on any atom is -0.484 e. The van der Waals surface area contributed by atoms with Gasteiger partial charge in [0.2, 0.25) is 5.91 Å². The first-order valence-electron chi connectivity index (χ1n) is 10.1. The Morgan fingerprint density at radius 3 is 2.33 bits per heavy atom. The van der Waals surface area contributed by atoms with Crippen LogP contribution in [0.15, 0.2) is 48.5 Å². The van der Waals surface area contributed by atoms with Gasteiger partial charge in [-0.15, -0.1) is 0 Å². The number of amides is 2. The molecule has 0 bridgehead atoms. The van der Waals surface area contributed by atoms with E-state index >= 15 is 0 Å². The van der Waals surface area contributed by atoms with Gasteiger partial charge in [-0.3, -0.25) is 9.59 Å². The van der Waals surface area contributed by atoms with E-state index in [9.17, 15) is 9.59 Å². The normalized spacial score (nSPS) is 12.7. The zero-order valence-electron chi connectivity index (χ0n) is 17.5. The van der Waals surface area contributed by atoms with E-state index in [4.69, 9.17) is 27.9 Å². The van der Waals surface area contributed by atoms with Crippen LogP contribution < -0.4 is 10.1 Å². The Morgan fingerprint density at radius 1 is 1.03 bits per heavy atom. The average molecular weight is 451 g/mol. The maximum Gasteiger partial charge on any atom is 0.261 e. The molecule has 0 aliphatic carbocycles. The number of para-hydroxylation sites is 1. The number of rotatable bonds is 10. The molecule has 0 aliphatic rings. The number of carbonyl (C=O) groups excluding carboxylic acids is 2. The molecule has 0 spiro atoms. The van der Waals surface area contributed by atoms with Crippen molar-refractivity contribution in [3.63, 3.8) is 0 Å². The molecule has 2 atom stereocenters. The zero-order chi connectivity index (χ0) is 22.1. The van der Waals surface area contributed by atoms with Crippen LogP contribution in [0.4, 0.5) is 0 Å². The maximum atomic E-state index is 13.1. The van der Waals surface area contributed by atoms with Crippen molar-refractivity contribution < 1.29 is 14.3 Å². The smallest absolute Gasteiger partial charge is 0.261 e. The second-order valence-corrected chi connectivity index (χ2v) is 7.93. The summed E-state index contributed by atoms with van der Waals surface area (Å²) in [6, 6.07) is 13.7. The highest BCUT2D eigenvalue weighted by atomic mass is 35.5. The van der Waals surface area contributed by atoms with Gasteiger partial charge in [0.15, 0.2) is 6.61 Å². The Balaban J connectivity index is 2.23. The molecular formula is C23H28Cl2N2O3. The molecule has 2 amide bonds. The van der Waals surface area contributed by atoms with Gasteiger partial charge in [0.05, 0.1) is 10.0 Å². The average Bonchev–Trinajstić information content (AvgIpc) is 2.75. The highest BCUT2D eigenvalue weighted by Gasteiger charge is 2.29. The molecule has 2 rings (SSSR count). The molecule has 0 radical (unpaired) electrons. The quantitative estimate of drug-likeness (QED) is 0.547. The molecule has 0 fully saturated rings. The van der Waals surface area contributed by atoms with Gasteiger partial charge in [-0.2, -0.15) is 0 Å². The van der Waals surface area contributed by atoms with Crippen molar-refractivity contribution in [2.75, 3.05) is 6.61 Å². The van der Waals surface area contributed by atoms with Crippen LogP contribution in [0.2, 0.25) is 10.0 Å². The van der Waals surface area contributed by atoms with Crippen molar-refractivity contribution in [1.29, 1.82) is 0 Å². The summed E-state index contributed by atoms with van der Waals surface area (Å²) in [5.74, 6) is 0.133. The predicted molar refractivity (Wildman–Crippen MR) is 121 cm³/mol. The number of halogens is 2. The van der Waals surface area contributed by atoms with Crippen molar-refractivity contribution in [3.05, 3.63) is 64.1 Å². The molecule has 0 aromatic heterocycles. The Kier molecular flexibility index (Phi) is 9.47. The number of nitrogens with zero attached hydrogens (tertiary/aromatic N) is 1. The number of carbonyl (C=O) groups is 2. The number of benzene rings is 2. The van der Waals surface area contributed by atoms with Gasteiger partial charge >= 0.3 is 0 Å². The first-order chi connectivity index (χ1) is 14.3. The molecule has 2 aromatic rings. The fraction of sp³-hybridized carbons (Fsp3) is 0.391. The van der Waals surface area contributed by atoms with Crippen LogP contribution in [-0.2, 0) is 16.1 Å². The zero-order valence-corrected chi connectivity index (χ0v) is 19.0. The van der Waals surface area contributed by atoms with Gasteiger partial charge in [-0.05, 0) is 49.6 Å². The highest BCUT2D eigenvalue weighted by Crippen LogP contribution is 2.24. The fourth-order valence-electron chi connectivity index (χ4n) is 2.94. The number of hydrogen-bond donors (Lipinski definition) is 1. The van der Waals surface area contributed by atoms with Crippen molar-refractivity contribution in [1.82, 2.24) is 10.2 Å².